The SMILES string of the molecule is CO[C@@H]([C@H](O)CO)C(F)(F)F. The van der Waals surface area contributed by atoms with Crippen LogP contribution in [0.5, 0.6) is 0 Å². The third kappa shape index (κ3) is 3.04. The predicted octanol–water partition coefficient (Wildman–Crippen LogP) is -0.0831. The van der Waals surface area contributed by atoms with E-state index in [0.717, 1.165) is 7.11 Å². The van der Waals surface area contributed by atoms with Crippen molar-refractivity contribution in [3.8, 4) is 0 Å². The molecule has 0 saturated carbocycles. The van der Waals surface area contributed by atoms with E-state index in [1.165, 1.54) is 0 Å². The van der Waals surface area contributed by atoms with Crippen LogP contribution in [-0.2, 0) is 4.74 Å². The summed E-state index contributed by atoms with van der Waals surface area (Å²) in [5, 5.41) is 16.7. The molecular formula is C5H9F3O3. The molecule has 0 aromatic heterocycles. The summed E-state index contributed by atoms with van der Waals surface area (Å²) in [4.78, 5) is 0. The summed E-state index contributed by atoms with van der Waals surface area (Å²) in [5.41, 5.74) is 0. The van der Waals surface area contributed by atoms with E-state index in [9.17, 15) is 13.2 Å². The van der Waals surface area contributed by atoms with Gasteiger partial charge in [0.15, 0.2) is 6.10 Å². The highest BCUT2D eigenvalue weighted by atomic mass is 19.4. The Hall–Kier alpha value is -0.330. The number of rotatable bonds is 3. The van der Waals surface area contributed by atoms with Crippen molar-refractivity contribution in [1.82, 2.24) is 0 Å². The van der Waals surface area contributed by atoms with Gasteiger partial charge in [0.05, 0.1) is 6.61 Å². The van der Waals surface area contributed by atoms with Crippen LogP contribution in [0.15, 0.2) is 0 Å². The maximum Gasteiger partial charge on any atom is 0.417 e. The maximum absolute atomic E-state index is 11.8. The summed E-state index contributed by atoms with van der Waals surface area (Å²) in [6, 6.07) is 0. The Morgan fingerprint density at radius 1 is 1.45 bits per heavy atom. The lowest BCUT2D eigenvalue weighted by Gasteiger charge is -2.22. The Bertz CT molecular complexity index is 114. The van der Waals surface area contributed by atoms with E-state index >= 15 is 0 Å². The molecule has 0 heterocycles. The number of aliphatic hydroxyl groups is 2. The average molecular weight is 174 g/mol. The largest absolute Gasteiger partial charge is 0.417 e. The molecule has 0 aliphatic heterocycles. The third-order valence-electron chi connectivity index (χ3n) is 1.11. The van der Waals surface area contributed by atoms with Crippen LogP contribution in [0.1, 0.15) is 0 Å². The van der Waals surface area contributed by atoms with Crippen molar-refractivity contribution in [3.05, 3.63) is 0 Å². The number of aliphatic hydroxyl groups excluding tert-OH is 2. The molecule has 0 aromatic carbocycles. The number of hydrogen-bond acceptors (Lipinski definition) is 3. The maximum atomic E-state index is 11.8. The quantitative estimate of drug-likeness (QED) is 0.629. The highest BCUT2D eigenvalue weighted by molar-refractivity contribution is 4.75. The zero-order chi connectivity index (χ0) is 9.07. The minimum atomic E-state index is -4.64. The first-order valence-corrected chi connectivity index (χ1v) is 2.82. The van der Waals surface area contributed by atoms with Gasteiger partial charge in [0, 0.05) is 7.11 Å². The molecule has 68 valence electrons. The average Bonchev–Trinajstić information content (AvgIpc) is 1.86. The Labute approximate surface area is 61.4 Å². The smallest absolute Gasteiger partial charge is 0.394 e. The van der Waals surface area contributed by atoms with E-state index in [2.05, 4.69) is 4.74 Å². The summed E-state index contributed by atoms with van der Waals surface area (Å²) in [6.45, 7) is -0.974. The number of hydrogen-bond donors (Lipinski definition) is 2. The van der Waals surface area contributed by atoms with Crippen molar-refractivity contribution in [3.63, 3.8) is 0 Å². The predicted molar refractivity (Wildman–Crippen MR) is 29.9 cm³/mol. The molecule has 11 heavy (non-hydrogen) atoms. The second kappa shape index (κ2) is 3.89. The van der Waals surface area contributed by atoms with Crippen LogP contribution in [0.3, 0.4) is 0 Å². The van der Waals surface area contributed by atoms with Crippen molar-refractivity contribution in [2.24, 2.45) is 0 Å². The standard InChI is InChI=1S/C5H9F3O3/c1-11-4(3(10)2-9)5(6,7)8/h3-4,9-10H,2H2,1H3/t3-,4+/m1/s1. The molecule has 2 atom stereocenters. The molecule has 0 aromatic rings. The van der Waals surface area contributed by atoms with Crippen LogP contribution >= 0.6 is 0 Å². The summed E-state index contributed by atoms with van der Waals surface area (Å²) in [7, 11) is 0.817. The lowest BCUT2D eigenvalue weighted by atomic mass is 10.2. The molecule has 0 bridgehead atoms. The van der Waals surface area contributed by atoms with Crippen molar-refractivity contribution in [2.75, 3.05) is 13.7 Å². The van der Waals surface area contributed by atoms with Gasteiger partial charge < -0.3 is 14.9 Å². The van der Waals surface area contributed by atoms with E-state index < -0.39 is 25.0 Å². The first-order valence-electron chi connectivity index (χ1n) is 2.82. The fourth-order valence-corrected chi connectivity index (χ4v) is 0.605. The molecule has 0 spiro atoms. The van der Waals surface area contributed by atoms with Crippen molar-refractivity contribution in [1.29, 1.82) is 0 Å². The van der Waals surface area contributed by atoms with Crippen molar-refractivity contribution in [2.45, 2.75) is 18.4 Å². The molecule has 0 radical (unpaired) electrons. The lowest BCUT2D eigenvalue weighted by molar-refractivity contribution is -0.242. The van der Waals surface area contributed by atoms with Gasteiger partial charge in [-0.15, -0.1) is 0 Å². The Balaban J connectivity index is 4.16. The fourth-order valence-electron chi connectivity index (χ4n) is 0.605. The molecule has 0 rings (SSSR count). The zero-order valence-electron chi connectivity index (χ0n) is 5.80. The van der Waals surface area contributed by atoms with Gasteiger partial charge in [-0.3, -0.25) is 0 Å². The monoisotopic (exact) mass is 174 g/mol. The van der Waals surface area contributed by atoms with Crippen LogP contribution in [-0.4, -0.2) is 42.3 Å². The van der Waals surface area contributed by atoms with Gasteiger partial charge in [-0.1, -0.05) is 0 Å². The van der Waals surface area contributed by atoms with Crippen LogP contribution in [0, 0.1) is 0 Å². The minimum absolute atomic E-state index is 0.817. The summed E-state index contributed by atoms with van der Waals surface area (Å²) in [6.07, 6.45) is -8.87. The lowest BCUT2D eigenvalue weighted by Crippen LogP contribution is -2.43. The first kappa shape index (κ1) is 10.7. The molecular weight excluding hydrogens is 165 g/mol. The molecule has 0 saturated heterocycles. The number of alkyl halides is 3. The topological polar surface area (TPSA) is 49.7 Å². The zero-order valence-corrected chi connectivity index (χ0v) is 5.80. The summed E-state index contributed by atoms with van der Waals surface area (Å²) < 4.78 is 39.2. The highest BCUT2D eigenvalue weighted by Crippen LogP contribution is 2.24. The Morgan fingerprint density at radius 2 is 1.91 bits per heavy atom. The molecule has 0 unspecified atom stereocenters. The van der Waals surface area contributed by atoms with Gasteiger partial charge in [-0.25, -0.2) is 0 Å². The third-order valence-corrected chi connectivity index (χ3v) is 1.11. The molecule has 6 heteroatoms. The van der Waals surface area contributed by atoms with Gasteiger partial charge in [0.1, 0.15) is 6.10 Å². The minimum Gasteiger partial charge on any atom is -0.394 e. The van der Waals surface area contributed by atoms with Crippen LogP contribution in [0.25, 0.3) is 0 Å². The van der Waals surface area contributed by atoms with Crippen LogP contribution < -0.4 is 0 Å². The second-order valence-corrected chi connectivity index (χ2v) is 1.95. The van der Waals surface area contributed by atoms with Gasteiger partial charge in [-0.05, 0) is 0 Å². The molecule has 0 aliphatic carbocycles. The van der Waals surface area contributed by atoms with E-state index in [1.807, 2.05) is 0 Å². The summed E-state index contributed by atoms with van der Waals surface area (Å²) in [5.74, 6) is 0. The molecule has 3 nitrogen and oxygen atoms in total. The first-order chi connectivity index (χ1) is 4.93. The van der Waals surface area contributed by atoms with Crippen molar-refractivity contribution >= 4 is 0 Å². The molecule has 0 fully saturated rings. The van der Waals surface area contributed by atoms with E-state index in [4.69, 9.17) is 10.2 Å². The molecule has 2 N–H and O–H groups in total. The number of methoxy groups -OCH3 is 1. The van der Waals surface area contributed by atoms with Gasteiger partial charge in [0.25, 0.3) is 0 Å². The fraction of sp³-hybridized carbons (Fsp3) is 1.00. The van der Waals surface area contributed by atoms with Crippen LogP contribution in [0.2, 0.25) is 0 Å². The van der Waals surface area contributed by atoms with Gasteiger partial charge in [0.2, 0.25) is 0 Å². The van der Waals surface area contributed by atoms with Gasteiger partial charge in [-0.2, -0.15) is 13.2 Å². The van der Waals surface area contributed by atoms with Crippen molar-refractivity contribution < 1.29 is 28.1 Å². The normalized spacial score (nSPS) is 18.0. The van der Waals surface area contributed by atoms with Gasteiger partial charge >= 0.3 is 6.18 Å². The number of halogens is 3. The molecule has 0 amide bonds. The van der Waals surface area contributed by atoms with E-state index in [0.29, 0.717) is 0 Å². The number of ether oxygens (including phenoxy) is 1. The highest BCUT2D eigenvalue weighted by Gasteiger charge is 2.44. The van der Waals surface area contributed by atoms with E-state index in [1.54, 1.807) is 0 Å². The Morgan fingerprint density at radius 3 is 2.00 bits per heavy atom. The Kier molecular flexibility index (Phi) is 3.77. The second-order valence-electron chi connectivity index (χ2n) is 1.95. The van der Waals surface area contributed by atoms with Crippen LogP contribution in [0.4, 0.5) is 13.2 Å². The molecule has 0 aliphatic rings. The van der Waals surface area contributed by atoms with E-state index in [-0.39, 0.29) is 0 Å². The summed E-state index contributed by atoms with van der Waals surface area (Å²) >= 11 is 0.